The first kappa shape index (κ1) is 21.7. The van der Waals surface area contributed by atoms with Gasteiger partial charge in [-0.1, -0.05) is 67.6 Å². The van der Waals surface area contributed by atoms with Gasteiger partial charge in [-0.2, -0.15) is 0 Å². The van der Waals surface area contributed by atoms with Crippen molar-refractivity contribution in [3.8, 4) is 0 Å². The highest BCUT2D eigenvalue weighted by atomic mass is 32.2. The van der Waals surface area contributed by atoms with E-state index in [0.29, 0.717) is 0 Å². The van der Waals surface area contributed by atoms with Crippen LogP contribution in [0.4, 0.5) is 4.39 Å². The zero-order chi connectivity index (χ0) is 21.8. The summed E-state index contributed by atoms with van der Waals surface area (Å²) in [5.41, 5.74) is 0.317. The number of sulfonamides is 1. The van der Waals surface area contributed by atoms with Crippen molar-refractivity contribution in [1.82, 2.24) is 10.0 Å². The molecule has 0 atom stereocenters. The molecule has 156 valence electrons. The lowest BCUT2D eigenvalue weighted by Crippen LogP contribution is -2.44. The summed E-state index contributed by atoms with van der Waals surface area (Å²) in [4.78, 5) is 12.9. The number of carbonyl (C=O) groups excluding carboxylic acids is 1. The zero-order valence-corrected chi connectivity index (χ0v) is 17.5. The first-order valence-electron chi connectivity index (χ1n) is 9.50. The van der Waals surface area contributed by atoms with Crippen molar-refractivity contribution < 1.29 is 17.6 Å². The van der Waals surface area contributed by atoms with Crippen LogP contribution in [-0.4, -0.2) is 20.9 Å². The number of hydrogen-bond acceptors (Lipinski definition) is 3. The van der Waals surface area contributed by atoms with E-state index < -0.39 is 27.3 Å². The topological polar surface area (TPSA) is 75.3 Å². The van der Waals surface area contributed by atoms with Crippen molar-refractivity contribution in [2.75, 3.05) is 6.54 Å². The molecule has 0 aliphatic heterocycles. The third kappa shape index (κ3) is 4.42. The van der Waals surface area contributed by atoms with E-state index >= 15 is 0 Å². The van der Waals surface area contributed by atoms with Crippen LogP contribution >= 0.6 is 0 Å². The Labute approximate surface area is 176 Å². The van der Waals surface area contributed by atoms with Gasteiger partial charge in [-0.05, 0) is 36.2 Å². The van der Waals surface area contributed by atoms with Gasteiger partial charge in [0, 0.05) is 6.54 Å². The molecular formula is C23H23FN2O3S. The van der Waals surface area contributed by atoms with Crippen molar-refractivity contribution >= 4 is 15.9 Å². The summed E-state index contributed by atoms with van der Waals surface area (Å²) in [6.07, 6.45) is 0. The standard InChI is InChI=1S/C23H23FN2O3S/c1-3-25-30(28,29)19-14-15-21(24)20(16-19)22(27)26-23(2,17-10-6-4-7-11-17)18-12-8-5-9-13-18/h4-16,25H,3H2,1-2H3,(H,26,27). The molecule has 3 aromatic carbocycles. The fraction of sp³-hybridized carbons (Fsp3) is 0.174. The van der Waals surface area contributed by atoms with Crippen molar-refractivity contribution in [2.24, 2.45) is 0 Å². The third-order valence-electron chi connectivity index (χ3n) is 4.89. The van der Waals surface area contributed by atoms with Crippen LogP contribution in [0.15, 0.2) is 83.8 Å². The van der Waals surface area contributed by atoms with Crippen LogP contribution in [0.5, 0.6) is 0 Å². The number of halogens is 1. The minimum absolute atomic E-state index is 0.169. The Morgan fingerprint density at radius 3 is 1.97 bits per heavy atom. The molecular weight excluding hydrogens is 403 g/mol. The van der Waals surface area contributed by atoms with Crippen LogP contribution in [0.1, 0.15) is 35.3 Å². The van der Waals surface area contributed by atoms with E-state index in [-0.39, 0.29) is 17.0 Å². The van der Waals surface area contributed by atoms with Gasteiger partial charge in [0.25, 0.3) is 5.91 Å². The molecule has 0 unspecified atom stereocenters. The van der Waals surface area contributed by atoms with E-state index in [1.54, 1.807) is 6.92 Å². The van der Waals surface area contributed by atoms with E-state index in [0.717, 1.165) is 29.3 Å². The van der Waals surface area contributed by atoms with Crippen LogP contribution in [0.2, 0.25) is 0 Å². The fourth-order valence-electron chi connectivity index (χ4n) is 3.27. The van der Waals surface area contributed by atoms with Crippen LogP contribution < -0.4 is 10.0 Å². The average molecular weight is 427 g/mol. The second-order valence-electron chi connectivity index (χ2n) is 6.95. The highest BCUT2D eigenvalue weighted by Crippen LogP contribution is 2.30. The van der Waals surface area contributed by atoms with Crippen LogP contribution in [0.25, 0.3) is 0 Å². The van der Waals surface area contributed by atoms with Gasteiger partial charge < -0.3 is 5.32 Å². The second-order valence-corrected chi connectivity index (χ2v) is 8.72. The summed E-state index contributed by atoms with van der Waals surface area (Å²) in [7, 11) is -3.83. The SMILES string of the molecule is CCNS(=O)(=O)c1ccc(F)c(C(=O)NC(C)(c2ccccc2)c2ccccc2)c1. The van der Waals surface area contributed by atoms with Crippen LogP contribution in [0, 0.1) is 5.82 Å². The minimum atomic E-state index is -3.83. The molecule has 0 radical (unpaired) electrons. The number of carbonyl (C=O) groups is 1. The molecule has 0 bridgehead atoms. The largest absolute Gasteiger partial charge is 0.339 e. The molecule has 7 heteroatoms. The molecule has 0 aromatic heterocycles. The Morgan fingerprint density at radius 2 is 1.47 bits per heavy atom. The molecule has 0 aliphatic carbocycles. The highest BCUT2D eigenvalue weighted by molar-refractivity contribution is 7.89. The van der Waals surface area contributed by atoms with E-state index in [1.165, 1.54) is 0 Å². The maximum Gasteiger partial charge on any atom is 0.255 e. The van der Waals surface area contributed by atoms with Gasteiger partial charge >= 0.3 is 0 Å². The number of hydrogen-bond donors (Lipinski definition) is 2. The van der Waals surface area contributed by atoms with Crippen LogP contribution in [-0.2, 0) is 15.6 Å². The number of amides is 1. The summed E-state index contributed by atoms with van der Waals surface area (Å²) in [5.74, 6) is -1.51. The smallest absolute Gasteiger partial charge is 0.255 e. The van der Waals surface area contributed by atoms with Crippen molar-refractivity contribution in [3.63, 3.8) is 0 Å². The van der Waals surface area contributed by atoms with Gasteiger partial charge in [-0.25, -0.2) is 17.5 Å². The van der Waals surface area contributed by atoms with Crippen molar-refractivity contribution in [3.05, 3.63) is 101 Å². The maximum atomic E-state index is 14.5. The van der Waals surface area contributed by atoms with Crippen molar-refractivity contribution in [2.45, 2.75) is 24.3 Å². The monoisotopic (exact) mass is 426 g/mol. The molecule has 3 aromatic rings. The minimum Gasteiger partial charge on any atom is -0.339 e. The lowest BCUT2D eigenvalue weighted by Gasteiger charge is -2.32. The van der Waals surface area contributed by atoms with Gasteiger partial charge in [-0.15, -0.1) is 0 Å². The quantitative estimate of drug-likeness (QED) is 0.603. The molecule has 5 nitrogen and oxygen atoms in total. The van der Waals surface area contributed by atoms with Crippen LogP contribution in [0.3, 0.4) is 0 Å². The summed E-state index contributed by atoms with van der Waals surface area (Å²) >= 11 is 0. The Morgan fingerprint density at radius 1 is 0.933 bits per heavy atom. The number of nitrogens with one attached hydrogen (secondary N) is 2. The Hall–Kier alpha value is -3.03. The molecule has 1 amide bonds. The third-order valence-corrected chi connectivity index (χ3v) is 6.44. The van der Waals surface area contributed by atoms with Gasteiger partial charge in [0.05, 0.1) is 16.0 Å². The molecule has 30 heavy (non-hydrogen) atoms. The first-order chi connectivity index (χ1) is 14.3. The molecule has 0 saturated heterocycles. The van der Waals surface area contributed by atoms with Gasteiger partial charge in [0.1, 0.15) is 5.82 Å². The van der Waals surface area contributed by atoms with E-state index in [4.69, 9.17) is 0 Å². The lowest BCUT2D eigenvalue weighted by molar-refractivity contribution is 0.0914. The molecule has 3 rings (SSSR count). The first-order valence-corrected chi connectivity index (χ1v) is 11.0. The maximum absolute atomic E-state index is 14.5. The average Bonchev–Trinajstić information content (AvgIpc) is 2.75. The normalized spacial score (nSPS) is 11.8. The summed E-state index contributed by atoms with van der Waals surface area (Å²) in [6, 6.07) is 21.8. The van der Waals surface area contributed by atoms with Gasteiger partial charge in [-0.3, -0.25) is 4.79 Å². The Kier molecular flexibility index (Phi) is 6.34. The van der Waals surface area contributed by atoms with Gasteiger partial charge in [0.15, 0.2) is 0 Å². The molecule has 0 heterocycles. The molecule has 0 aliphatic rings. The molecule has 2 N–H and O–H groups in total. The number of rotatable bonds is 7. The summed E-state index contributed by atoms with van der Waals surface area (Å²) in [5, 5.41) is 2.90. The van der Waals surface area contributed by atoms with E-state index in [9.17, 15) is 17.6 Å². The molecule has 0 saturated carbocycles. The summed E-state index contributed by atoms with van der Waals surface area (Å²) in [6.45, 7) is 3.65. The lowest BCUT2D eigenvalue weighted by atomic mass is 9.84. The zero-order valence-electron chi connectivity index (χ0n) is 16.7. The predicted molar refractivity (Wildman–Crippen MR) is 114 cm³/mol. The Bertz CT molecular complexity index is 1090. The molecule has 0 spiro atoms. The van der Waals surface area contributed by atoms with Crippen molar-refractivity contribution in [1.29, 1.82) is 0 Å². The number of benzene rings is 3. The fourth-order valence-corrected chi connectivity index (χ4v) is 4.33. The van der Waals surface area contributed by atoms with E-state index in [1.807, 2.05) is 67.6 Å². The molecule has 0 fully saturated rings. The van der Waals surface area contributed by atoms with E-state index in [2.05, 4.69) is 10.0 Å². The highest BCUT2D eigenvalue weighted by Gasteiger charge is 2.32. The Balaban J connectivity index is 2.04. The predicted octanol–water partition coefficient (Wildman–Crippen LogP) is 3.82. The summed E-state index contributed by atoms with van der Waals surface area (Å²) < 4.78 is 41.4. The van der Waals surface area contributed by atoms with Gasteiger partial charge in [0.2, 0.25) is 10.0 Å². The second kappa shape index (κ2) is 8.77.